The van der Waals surface area contributed by atoms with E-state index in [1.807, 2.05) is 6.07 Å². The second kappa shape index (κ2) is 7.70. The predicted octanol–water partition coefficient (Wildman–Crippen LogP) is 3.74. The number of nitrogens with zero attached hydrogens (tertiary/aromatic N) is 7. The van der Waals surface area contributed by atoms with E-state index in [4.69, 9.17) is 5.26 Å². The smallest absolute Gasteiger partial charge is 0.285 e. The molecule has 13 heteroatoms. The second-order valence-electron chi connectivity index (χ2n) is 7.30. The number of hydrogen-bond acceptors (Lipinski definition) is 6. The number of rotatable bonds is 5. The van der Waals surface area contributed by atoms with Crippen LogP contribution in [0.1, 0.15) is 12.2 Å². The van der Waals surface area contributed by atoms with Crippen molar-refractivity contribution in [2.45, 2.75) is 24.0 Å². The lowest BCUT2D eigenvalue weighted by atomic mass is 10.3. The van der Waals surface area contributed by atoms with Crippen molar-refractivity contribution in [2.75, 3.05) is 0 Å². The van der Waals surface area contributed by atoms with Gasteiger partial charge in [0.1, 0.15) is 5.52 Å². The van der Waals surface area contributed by atoms with Gasteiger partial charge in [0.2, 0.25) is 5.82 Å². The van der Waals surface area contributed by atoms with Crippen molar-refractivity contribution in [3.63, 3.8) is 0 Å². The number of fused-ring (bicyclic) bond motifs is 3. The predicted molar refractivity (Wildman–Crippen MR) is 114 cm³/mol. The molecule has 5 rings (SSSR count). The third kappa shape index (κ3) is 3.39. The molecule has 0 N–H and O–H groups in total. The highest BCUT2D eigenvalue weighted by atomic mass is 32.2. The van der Waals surface area contributed by atoms with E-state index >= 15 is 0 Å². The average Bonchev–Trinajstić information content (AvgIpc) is 3.53. The van der Waals surface area contributed by atoms with Gasteiger partial charge in [-0.05, 0) is 18.2 Å². The van der Waals surface area contributed by atoms with Crippen LogP contribution >= 0.6 is 0 Å². The van der Waals surface area contributed by atoms with Crippen molar-refractivity contribution in [2.24, 2.45) is 0 Å². The number of hydrogen-bond donors (Lipinski definition) is 0. The molecule has 4 heterocycles. The fourth-order valence-corrected chi connectivity index (χ4v) is 5.04. The summed E-state index contributed by atoms with van der Waals surface area (Å²) < 4.78 is 71.2. The molecule has 0 amide bonds. The van der Waals surface area contributed by atoms with Gasteiger partial charge in [0, 0.05) is 17.8 Å². The third-order valence-electron chi connectivity index (χ3n) is 5.18. The van der Waals surface area contributed by atoms with Crippen molar-refractivity contribution >= 4 is 32.1 Å². The quantitative estimate of drug-likeness (QED) is 0.375. The molecule has 4 aromatic heterocycles. The summed E-state index contributed by atoms with van der Waals surface area (Å²) in [4.78, 5) is 7.87. The Morgan fingerprint density at radius 1 is 1.09 bits per heavy atom. The van der Waals surface area contributed by atoms with Gasteiger partial charge in [0.25, 0.3) is 10.0 Å². The lowest BCUT2D eigenvalue weighted by Crippen LogP contribution is -2.14. The van der Waals surface area contributed by atoms with Gasteiger partial charge in [-0.25, -0.2) is 22.4 Å². The zero-order chi connectivity index (χ0) is 24.1. The number of imidazole rings is 1. The molecule has 0 saturated heterocycles. The lowest BCUT2D eigenvalue weighted by Gasteiger charge is -2.10. The van der Waals surface area contributed by atoms with E-state index in [0.29, 0.717) is 0 Å². The third-order valence-corrected chi connectivity index (χ3v) is 6.86. The van der Waals surface area contributed by atoms with E-state index in [0.717, 1.165) is 14.7 Å². The Balaban J connectivity index is 1.78. The number of aromatic nitrogens is 6. The molecule has 0 unspecified atom stereocenters. The fourth-order valence-electron chi connectivity index (χ4n) is 3.72. The van der Waals surface area contributed by atoms with Gasteiger partial charge in [-0.3, -0.25) is 9.25 Å². The Labute approximate surface area is 190 Å². The molecule has 0 radical (unpaired) electrons. The van der Waals surface area contributed by atoms with Gasteiger partial charge in [0.05, 0.1) is 47.5 Å². The summed E-state index contributed by atoms with van der Waals surface area (Å²) in [5.74, 6) is -1.20. The van der Waals surface area contributed by atoms with Crippen LogP contribution in [0.15, 0.2) is 66.1 Å². The largest absolute Gasteiger partial charge is 0.450 e. The van der Waals surface area contributed by atoms with Crippen LogP contribution in [0.4, 0.5) is 13.2 Å². The number of nitriles is 1. The first kappa shape index (κ1) is 21.7. The first-order valence-corrected chi connectivity index (χ1v) is 11.3. The molecule has 0 spiro atoms. The van der Waals surface area contributed by atoms with Crippen molar-refractivity contribution in [3.05, 3.63) is 67.0 Å². The van der Waals surface area contributed by atoms with Crippen LogP contribution in [0.2, 0.25) is 0 Å². The van der Waals surface area contributed by atoms with Gasteiger partial charge in [-0.2, -0.15) is 23.5 Å². The first-order chi connectivity index (χ1) is 16.2. The average molecular weight is 485 g/mol. The topological polar surface area (TPSA) is 111 Å². The highest BCUT2D eigenvalue weighted by molar-refractivity contribution is 7.90. The summed E-state index contributed by atoms with van der Waals surface area (Å²) in [7, 11) is -4.04. The molecule has 172 valence electrons. The first-order valence-electron chi connectivity index (χ1n) is 9.88. The van der Waals surface area contributed by atoms with E-state index in [1.165, 1.54) is 41.5 Å². The van der Waals surface area contributed by atoms with Gasteiger partial charge in [0.15, 0.2) is 5.65 Å². The summed E-state index contributed by atoms with van der Waals surface area (Å²) in [5.41, 5.74) is 0.0145. The molecule has 0 fully saturated rings. The van der Waals surface area contributed by atoms with Gasteiger partial charge < -0.3 is 0 Å². The summed E-state index contributed by atoms with van der Waals surface area (Å²) in [6, 6.07) is 11.0. The molecule has 0 saturated carbocycles. The molecular formula is C21H14F3N7O2S. The van der Waals surface area contributed by atoms with Crippen molar-refractivity contribution < 1.29 is 21.6 Å². The lowest BCUT2D eigenvalue weighted by molar-refractivity contribution is -0.145. The summed E-state index contributed by atoms with van der Waals surface area (Å²) in [6.45, 7) is 0.202. The monoisotopic (exact) mass is 485 g/mol. The zero-order valence-electron chi connectivity index (χ0n) is 17.2. The van der Waals surface area contributed by atoms with Crippen LogP contribution < -0.4 is 0 Å². The van der Waals surface area contributed by atoms with E-state index in [1.54, 1.807) is 18.2 Å². The number of pyridine rings is 1. The molecule has 0 bridgehead atoms. The normalized spacial score (nSPS) is 12.4. The molecule has 9 nitrogen and oxygen atoms in total. The maximum absolute atomic E-state index is 13.9. The van der Waals surface area contributed by atoms with Crippen LogP contribution in [0.5, 0.6) is 0 Å². The Bertz CT molecular complexity index is 1680. The van der Waals surface area contributed by atoms with Crippen molar-refractivity contribution in [1.82, 2.24) is 28.3 Å². The fraction of sp³-hybridized carbons (Fsp3) is 0.143. The zero-order valence-corrected chi connectivity index (χ0v) is 18.0. The Morgan fingerprint density at radius 2 is 1.85 bits per heavy atom. The van der Waals surface area contributed by atoms with Crippen LogP contribution in [-0.2, 0) is 22.7 Å². The molecule has 0 aliphatic carbocycles. The second-order valence-corrected chi connectivity index (χ2v) is 9.11. The minimum Gasteiger partial charge on any atom is -0.285 e. The van der Waals surface area contributed by atoms with E-state index in [9.17, 15) is 21.6 Å². The number of benzene rings is 1. The van der Waals surface area contributed by atoms with E-state index < -0.39 is 22.0 Å². The summed E-state index contributed by atoms with van der Waals surface area (Å²) >= 11 is 0. The van der Waals surface area contributed by atoms with Crippen LogP contribution in [0, 0.1) is 11.3 Å². The van der Waals surface area contributed by atoms with Gasteiger partial charge in [-0.15, -0.1) is 0 Å². The molecule has 0 atom stereocenters. The van der Waals surface area contributed by atoms with Gasteiger partial charge in [-0.1, -0.05) is 18.2 Å². The molecule has 34 heavy (non-hydrogen) atoms. The highest BCUT2D eigenvalue weighted by Crippen LogP contribution is 2.36. The molecule has 0 aliphatic rings. The minimum absolute atomic E-state index is 0.0117. The summed E-state index contributed by atoms with van der Waals surface area (Å²) in [6.07, 6.45) is 0.293. The minimum atomic E-state index is -4.81. The Hall–Kier alpha value is -4.18. The molecule has 0 aliphatic heterocycles. The molecular weight excluding hydrogens is 471 g/mol. The van der Waals surface area contributed by atoms with Crippen LogP contribution in [0.25, 0.3) is 27.8 Å². The molecule has 1 aromatic carbocycles. The van der Waals surface area contributed by atoms with E-state index in [2.05, 4.69) is 15.1 Å². The van der Waals surface area contributed by atoms with Gasteiger partial charge >= 0.3 is 6.18 Å². The number of alkyl halides is 3. The Kier molecular flexibility index (Phi) is 4.90. The highest BCUT2D eigenvalue weighted by Gasteiger charge is 2.39. The SMILES string of the molecule is N#CCCn1cc(-n2c(C(F)(F)F)nc3cnc4c(ccn4S(=O)(=O)c4ccccc4)c32)cn1. The summed E-state index contributed by atoms with van der Waals surface area (Å²) in [5, 5.41) is 13.0. The van der Waals surface area contributed by atoms with Crippen LogP contribution in [0.3, 0.4) is 0 Å². The van der Waals surface area contributed by atoms with Crippen molar-refractivity contribution in [1.29, 1.82) is 5.26 Å². The molecule has 5 aromatic rings. The number of halogens is 3. The van der Waals surface area contributed by atoms with Crippen molar-refractivity contribution in [3.8, 4) is 11.8 Å². The van der Waals surface area contributed by atoms with Crippen LogP contribution in [-0.4, -0.2) is 36.7 Å². The maximum Gasteiger partial charge on any atom is 0.450 e. The standard InChI is InChI=1S/C21H14F3N7O2S/c22-21(23,24)20-28-17-12-26-19-16(7-10-30(19)34(32,33)15-5-2-1-3-6-15)18(17)31(20)14-11-27-29(13-14)9-4-8-25/h1-3,5-7,10-13H,4,9H2. The Morgan fingerprint density at radius 3 is 2.56 bits per heavy atom. The number of aryl methyl sites for hydroxylation is 1. The maximum atomic E-state index is 13.9. The van der Waals surface area contributed by atoms with E-state index in [-0.39, 0.29) is 45.6 Å².